The molecule has 3 aromatic rings. The van der Waals surface area contributed by atoms with E-state index in [2.05, 4.69) is 27.1 Å². The number of nitrogen functional groups attached to an aromatic ring is 1. The molecule has 2 aromatic heterocycles. The molecular weight excluding hydrogens is 366 g/mol. The number of nitrogens with one attached hydrogen (secondary N) is 1. The van der Waals surface area contributed by atoms with Gasteiger partial charge in [-0.05, 0) is 30.3 Å². The molecule has 7 nitrogen and oxygen atoms in total. The highest BCUT2D eigenvalue weighted by Crippen LogP contribution is 2.25. The minimum Gasteiger partial charge on any atom is -0.487 e. The Morgan fingerprint density at radius 1 is 1.17 bits per heavy atom. The topological polar surface area (TPSA) is 93.4 Å². The fraction of sp³-hybridized carbons (Fsp3) is 0.227. The van der Waals surface area contributed by atoms with Gasteiger partial charge in [-0.25, -0.2) is 9.97 Å². The number of pyridine rings is 2. The van der Waals surface area contributed by atoms with E-state index in [0.717, 1.165) is 33.5 Å². The number of carbonyl (C=O) groups excluding carboxylic acids is 1. The Morgan fingerprint density at radius 3 is 2.62 bits per heavy atom. The lowest BCUT2D eigenvalue weighted by atomic mass is 10.1. The summed E-state index contributed by atoms with van der Waals surface area (Å²) in [6.07, 6.45) is 3.49. The first-order valence-corrected chi connectivity index (χ1v) is 9.29. The van der Waals surface area contributed by atoms with Gasteiger partial charge < -0.3 is 20.7 Å². The third-order valence-electron chi connectivity index (χ3n) is 4.82. The van der Waals surface area contributed by atoms with Crippen molar-refractivity contribution in [3.63, 3.8) is 0 Å². The van der Waals surface area contributed by atoms with Gasteiger partial charge in [0.15, 0.2) is 0 Å². The van der Waals surface area contributed by atoms with Crippen LogP contribution in [0.4, 0.5) is 11.6 Å². The second-order valence-electron chi connectivity index (χ2n) is 6.86. The van der Waals surface area contributed by atoms with Crippen molar-refractivity contribution in [3.8, 4) is 17.6 Å². The summed E-state index contributed by atoms with van der Waals surface area (Å²) in [4.78, 5) is 21.5. The van der Waals surface area contributed by atoms with Crippen LogP contribution < -0.4 is 15.8 Å². The van der Waals surface area contributed by atoms with Crippen LogP contribution in [0.3, 0.4) is 0 Å². The normalized spacial score (nSPS) is 13.4. The highest BCUT2D eigenvalue weighted by atomic mass is 16.5. The zero-order valence-corrected chi connectivity index (χ0v) is 16.3. The molecule has 0 radical (unpaired) electrons. The molecule has 1 aliphatic heterocycles. The molecule has 0 spiro atoms. The van der Waals surface area contributed by atoms with E-state index >= 15 is 0 Å². The van der Waals surface area contributed by atoms with Gasteiger partial charge in [-0.2, -0.15) is 0 Å². The van der Waals surface area contributed by atoms with Gasteiger partial charge in [0.05, 0.1) is 18.7 Å². The molecule has 7 heteroatoms. The second kappa shape index (κ2) is 7.68. The Morgan fingerprint density at radius 2 is 1.93 bits per heavy atom. The minimum absolute atomic E-state index is 0.0537. The molecule has 29 heavy (non-hydrogen) atoms. The minimum atomic E-state index is 0.0537. The van der Waals surface area contributed by atoms with E-state index in [9.17, 15) is 4.79 Å². The molecule has 1 amide bonds. The number of ether oxygens (including phenoxy) is 1. The van der Waals surface area contributed by atoms with Crippen molar-refractivity contribution in [3.05, 3.63) is 53.9 Å². The van der Waals surface area contributed by atoms with E-state index in [1.807, 2.05) is 37.4 Å². The summed E-state index contributed by atoms with van der Waals surface area (Å²) >= 11 is 0. The van der Waals surface area contributed by atoms with Crippen molar-refractivity contribution in [2.75, 3.05) is 31.2 Å². The lowest BCUT2D eigenvalue weighted by molar-refractivity contribution is -0.137. The number of likely N-dealkylation sites (tertiary alicyclic amines) is 1. The molecule has 1 fully saturated rings. The standard InChI is InChI=1S/C22H21N5O2/c1-14(28)27-12-18(13-27)29-17-7-4-15(5-8-17)3-6-16-10-26-22(24-2)20-11-25-21(23)9-19(16)20/h4-5,7-11,18H,12-13H2,1-2H3,(H2,23,25)(H,24,26). The van der Waals surface area contributed by atoms with Crippen molar-refractivity contribution in [2.45, 2.75) is 13.0 Å². The molecule has 4 rings (SSSR count). The Labute approximate surface area is 168 Å². The first-order valence-electron chi connectivity index (χ1n) is 9.29. The number of rotatable bonds is 3. The highest BCUT2D eigenvalue weighted by Gasteiger charge is 2.30. The maximum atomic E-state index is 11.2. The molecule has 3 N–H and O–H groups in total. The summed E-state index contributed by atoms with van der Waals surface area (Å²) in [5.41, 5.74) is 7.50. The number of hydrogen-bond donors (Lipinski definition) is 2. The Balaban J connectivity index is 1.51. The van der Waals surface area contributed by atoms with Crippen LogP contribution in [0.15, 0.2) is 42.7 Å². The Hall–Kier alpha value is -3.79. The largest absolute Gasteiger partial charge is 0.487 e. The quantitative estimate of drug-likeness (QED) is 0.670. The molecule has 1 saturated heterocycles. The summed E-state index contributed by atoms with van der Waals surface area (Å²) in [6, 6.07) is 9.42. The summed E-state index contributed by atoms with van der Waals surface area (Å²) in [5, 5.41) is 4.83. The van der Waals surface area contributed by atoms with Crippen LogP contribution in [0.5, 0.6) is 5.75 Å². The number of benzene rings is 1. The smallest absolute Gasteiger partial charge is 0.219 e. The fourth-order valence-electron chi connectivity index (χ4n) is 3.17. The lowest BCUT2D eigenvalue weighted by Crippen LogP contribution is -2.55. The summed E-state index contributed by atoms with van der Waals surface area (Å²) in [5.74, 6) is 8.36. The zero-order chi connectivity index (χ0) is 20.4. The fourth-order valence-corrected chi connectivity index (χ4v) is 3.17. The number of hydrogen-bond acceptors (Lipinski definition) is 6. The van der Waals surface area contributed by atoms with Gasteiger partial charge in [0.2, 0.25) is 5.91 Å². The van der Waals surface area contributed by atoms with Gasteiger partial charge in [0.1, 0.15) is 23.5 Å². The zero-order valence-electron chi connectivity index (χ0n) is 16.3. The average molecular weight is 387 g/mol. The lowest BCUT2D eigenvalue weighted by Gasteiger charge is -2.38. The maximum absolute atomic E-state index is 11.2. The van der Waals surface area contributed by atoms with Crippen LogP contribution in [-0.2, 0) is 4.79 Å². The Kier molecular flexibility index (Phi) is 4.92. The van der Waals surface area contributed by atoms with E-state index in [1.54, 1.807) is 24.2 Å². The van der Waals surface area contributed by atoms with Gasteiger partial charge in [0.25, 0.3) is 0 Å². The van der Waals surface area contributed by atoms with Crippen LogP contribution >= 0.6 is 0 Å². The average Bonchev–Trinajstić information content (AvgIpc) is 2.69. The number of anilines is 2. The van der Waals surface area contributed by atoms with E-state index in [-0.39, 0.29) is 12.0 Å². The van der Waals surface area contributed by atoms with Crippen molar-refractivity contribution >= 4 is 28.3 Å². The number of fused-ring (bicyclic) bond motifs is 1. The SMILES string of the molecule is CNc1ncc(C#Cc2ccc(OC3CN(C(C)=O)C3)cc2)c2cc(N)ncc12. The van der Waals surface area contributed by atoms with Crippen LogP contribution in [0.2, 0.25) is 0 Å². The third kappa shape index (κ3) is 3.92. The summed E-state index contributed by atoms with van der Waals surface area (Å²) in [6.45, 7) is 2.84. The summed E-state index contributed by atoms with van der Waals surface area (Å²) in [7, 11) is 1.81. The molecule has 1 aromatic carbocycles. The number of carbonyl (C=O) groups is 1. The number of nitrogens with two attached hydrogens (primary N) is 1. The predicted molar refractivity (Wildman–Crippen MR) is 113 cm³/mol. The van der Waals surface area contributed by atoms with Crippen LogP contribution in [0.1, 0.15) is 18.1 Å². The van der Waals surface area contributed by atoms with Crippen LogP contribution in [-0.4, -0.2) is 47.0 Å². The second-order valence-corrected chi connectivity index (χ2v) is 6.86. The molecule has 0 aliphatic carbocycles. The van der Waals surface area contributed by atoms with Crippen LogP contribution in [0.25, 0.3) is 10.8 Å². The maximum Gasteiger partial charge on any atom is 0.219 e. The van der Waals surface area contributed by atoms with E-state index in [1.165, 1.54) is 0 Å². The summed E-state index contributed by atoms with van der Waals surface area (Å²) < 4.78 is 5.86. The van der Waals surface area contributed by atoms with Crippen molar-refractivity contribution in [2.24, 2.45) is 0 Å². The first kappa shape index (κ1) is 18.6. The van der Waals surface area contributed by atoms with Crippen molar-refractivity contribution < 1.29 is 9.53 Å². The van der Waals surface area contributed by atoms with Gasteiger partial charge in [-0.3, -0.25) is 4.79 Å². The first-order chi connectivity index (χ1) is 14.0. The molecule has 0 bridgehead atoms. The van der Waals surface area contributed by atoms with Gasteiger partial charge in [0, 0.05) is 42.7 Å². The predicted octanol–water partition coefficient (Wildman–Crippen LogP) is 2.26. The molecule has 146 valence electrons. The van der Waals surface area contributed by atoms with Crippen LogP contribution in [0, 0.1) is 11.8 Å². The van der Waals surface area contributed by atoms with Gasteiger partial charge >= 0.3 is 0 Å². The molecular formula is C22H21N5O2. The molecule has 0 unspecified atom stereocenters. The molecule has 0 saturated carbocycles. The van der Waals surface area contributed by atoms with Gasteiger partial charge in [-0.1, -0.05) is 11.8 Å². The van der Waals surface area contributed by atoms with Crippen molar-refractivity contribution in [1.29, 1.82) is 0 Å². The molecule has 3 heterocycles. The monoisotopic (exact) mass is 387 g/mol. The molecule has 0 atom stereocenters. The van der Waals surface area contributed by atoms with Crippen molar-refractivity contribution in [1.82, 2.24) is 14.9 Å². The Bertz CT molecular complexity index is 1130. The number of amides is 1. The third-order valence-corrected chi connectivity index (χ3v) is 4.82. The number of nitrogens with zero attached hydrogens (tertiary/aromatic N) is 3. The molecule has 1 aliphatic rings. The highest BCUT2D eigenvalue weighted by molar-refractivity contribution is 5.96. The van der Waals surface area contributed by atoms with E-state index in [0.29, 0.717) is 18.9 Å². The van der Waals surface area contributed by atoms with E-state index < -0.39 is 0 Å². The van der Waals surface area contributed by atoms with Gasteiger partial charge in [-0.15, -0.1) is 0 Å². The number of aromatic nitrogens is 2. The van der Waals surface area contributed by atoms with E-state index in [4.69, 9.17) is 10.5 Å².